The van der Waals surface area contributed by atoms with E-state index in [0.29, 0.717) is 25.0 Å². The number of sulfonamides is 1. The molecule has 1 aliphatic rings. The van der Waals surface area contributed by atoms with E-state index in [-0.39, 0.29) is 37.5 Å². The van der Waals surface area contributed by atoms with Crippen molar-refractivity contribution in [3.8, 4) is 0 Å². The van der Waals surface area contributed by atoms with E-state index in [4.69, 9.17) is 5.73 Å². The highest BCUT2D eigenvalue weighted by Crippen LogP contribution is 2.34. The third-order valence-electron chi connectivity index (χ3n) is 4.12. The molecule has 1 saturated heterocycles. The van der Waals surface area contributed by atoms with E-state index in [0.717, 1.165) is 10.4 Å². The fourth-order valence-corrected chi connectivity index (χ4v) is 4.17. The Hall–Kier alpha value is -0.900. The summed E-state index contributed by atoms with van der Waals surface area (Å²) in [4.78, 5) is -0.550. The minimum atomic E-state index is -4.95. The predicted molar refractivity (Wildman–Crippen MR) is 83.8 cm³/mol. The molecule has 1 aliphatic heterocycles. The van der Waals surface area contributed by atoms with Gasteiger partial charge in [0.1, 0.15) is 5.82 Å². The predicted octanol–water partition coefficient (Wildman–Crippen LogP) is 3.01. The Labute approximate surface area is 144 Å². The zero-order valence-electron chi connectivity index (χ0n) is 12.9. The number of halogens is 5. The molecule has 0 radical (unpaired) electrons. The lowest BCUT2D eigenvalue weighted by Gasteiger charge is -2.33. The molecule has 1 unspecified atom stereocenters. The van der Waals surface area contributed by atoms with Crippen molar-refractivity contribution in [2.45, 2.75) is 36.9 Å². The molecule has 24 heavy (non-hydrogen) atoms. The SMILES string of the molecule is CC(N)C1CCN(S(=O)(=O)c2ccc(F)c(C(F)(F)F)c2)CC1.Cl. The van der Waals surface area contributed by atoms with E-state index in [1.807, 2.05) is 6.92 Å². The first-order valence-corrected chi connectivity index (χ1v) is 8.60. The van der Waals surface area contributed by atoms with Gasteiger partial charge in [0.15, 0.2) is 0 Å². The van der Waals surface area contributed by atoms with E-state index in [2.05, 4.69) is 0 Å². The van der Waals surface area contributed by atoms with Gasteiger partial charge in [0.05, 0.1) is 10.5 Å². The molecule has 1 aromatic carbocycles. The van der Waals surface area contributed by atoms with E-state index in [1.165, 1.54) is 0 Å². The Morgan fingerprint density at radius 1 is 1.25 bits per heavy atom. The van der Waals surface area contributed by atoms with Crippen molar-refractivity contribution >= 4 is 22.4 Å². The second kappa shape index (κ2) is 7.55. The molecule has 0 bridgehead atoms. The van der Waals surface area contributed by atoms with Crippen LogP contribution in [0.5, 0.6) is 0 Å². The van der Waals surface area contributed by atoms with Crippen LogP contribution in [-0.2, 0) is 16.2 Å². The normalized spacial score (nSPS) is 18.9. The zero-order chi connectivity index (χ0) is 17.4. The molecular formula is C14H19ClF4N2O2S. The zero-order valence-corrected chi connectivity index (χ0v) is 14.5. The number of hydrogen-bond donors (Lipinski definition) is 1. The Balaban J connectivity index is 0.00000288. The summed E-state index contributed by atoms with van der Waals surface area (Å²) in [5, 5.41) is 0. The van der Waals surface area contributed by atoms with Gasteiger partial charge in [-0.2, -0.15) is 17.5 Å². The highest BCUT2D eigenvalue weighted by atomic mass is 35.5. The molecule has 1 heterocycles. The highest BCUT2D eigenvalue weighted by Gasteiger charge is 2.37. The number of nitrogens with two attached hydrogens (primary N) is 1. The topological polar surface area (TPSA) is 63.4 Å². The third-order valence-corrected chi connectivity index (χ3v) is 6.02. The Bertz CT molecular complexity index is 672. The molecule has 0 aliphatic carbocycles. The van der Waals surface area contributed by atoms with Gasteiger partial charge < -0.3 is 5.73 Å². The first-order chi connectivity index (χ1) is 10.5. The van der Waals surface area contributed by atoms with E-state index in [1.54, 1.807) is 0 Å². The van der Waals surface area contributed by atoms with Crippen LogP contribution in [0.1, 0.15) is 25.3 Å². The molecule has 0 saturated carbocycles. The van der Waals surface area contributed by atoms with Gasteiger partial charge in [-0.25, -0.2) is 12.8 Å². The largest absolute Gasteiger partial charge is 0.419 e. The lowest BCUT2D eigenvalue weighted by atomic mass is 9.92. The van der Waals surface area contributed by atoms with Crippen LogP contribution in [0.25, 0.3) is 0 Å². The molecule has 1 aromatic rings. The molecule has 0 aromatic heterocycles. The second-order valence-electron chi connectivity index (χ2n) is 5.74. The number of piperidine rings is 1. The average molecular weight is 391 g/mol. The first-order valence-electron chi connectivity index (χ1n) is 7.16. The summed E-state index contributed by atoms with van der Waals surface area (Å²) in [6.45, 7) is 2.21. The van der Waals surface area contributed by atoms with Gasteiger partial charge in [0.2, 0.25) is 10.0 Å². The molecule has 0 spiro atoms. The van der Waals surface area contributed by atoms with Gasteiger partial charge in [0.25, 0.3) is 0 Å². The Morgan fingerprint density at radius 2 is 1.79 bits per heavy atom. The van der Waals surface area contributed by atoms with Crippen molar-refractivity contribution in [2.24, 2.45) is 11.7 Å². The van der Waals surface area contributed by atoms with E-state index in [9.17, 15) is 26.0 Å². The molecule has 1 fully saturated rings. The van der Waals surface area contributed by atoms with E-state index < -0.39 is 32.5 Å². The van der Waals surface area contributed by atoms with Crippen molar-refractivity contribution in [3.05, 3.63) is 29.6 Å². The van der Waals surface area contributed by atoms with Crippen LogP contribution in [-0.4, -0.2) is 31.9 Å². The van der Waals surface area contributed by atoms with Crippen LogP contribution in [0.4, 0.5) is 17.6 Å². The molecule has 2 N–H and O–H groups in total. The molecule has 4 nitrogen and oxygen atoms in total. The molecule has 0 amide bonds. The van der Waals surface area contributed by atoms with Crippen LogP contribution in [0.2, 0.25) is 0 Å². The lowest BCUT2D eigenvalue weighted by Crippen LogP contribution is -2.42. The second-order valence-corrected chi connectivity index (χ2v) is 7.68. The Morgan fingerprint density at radius 3 is 2.25 bits per heavy atom. The number of benzene rings is 1. The van der Waals surface area contributed by atoms with Crippen molar-refractivity contribution in [1.82, 2.24) is 4.31 Å². The van der Waals surface area contributed by atoms with Crippen molar-refractivity contribution in [2.75, 3.05) is 13.1 Å². The van der Waals surface area contributed by atoms with Gasteiger partial charge in [0, 0.05) is 19.1 Å². The van der Waals surface area contributed by atoms with Crippen LogP contribution in [0.15, 0.2) is 23.1 Å². The maximum atomic E-state index is 13.3. The van der Waals surface area contributed by atoms with Crippen LogP contribution >= 0.6 is 12.4 Å². The maximum absolute atomic E-state index is 13.3. The van der Waals surface area contributed by atoms with E-state index >= 15 is 0 Å². The van der Waals surface area contributed by atoms with Crippen molar-refractivity contribution < 1.29 is 26.0 Å². The lowest BCUT2D eigenvalue weighted by molar-refractivity contribution is -0.140. The summed E-state index contributed by atoms with van der Waals surface area (Å²) in [5.74, 6) is -1.31. The van der Waals surface area contributed by atoms with Gasteiger partial charge in [-0.15, -0.1) is 12.4 Å². The summed E-state index contributed by atoms with van der Waals surface area (Å²) < 4.78 is 77.5. The summed E-state index contributed by atoms with van der Waals surface area (Å²) >= 11 is 0. The third kappa shape index (κ3) is 4.38. The monoisotopic (exact) mass is 390 g/mol. The van der Waals surface area contributed by atoms with Crippen LogP contribution < -0.4 is 5.73 Å². The average Bonchev–Trinajstić information content (AvgIpc) is 2.46. The van der Waals surface area contributed by atoms with Gasteiger partial charge in [-0.1, -0.05) is 0 Å². The van der Waals surface area contributed by atoms with Crippen LogP contribution in [0.3, 0.4) is 0 Å². The molecule has 10 heteroatoms. The summed E-state index contributed by atoms with van der Waals surface area (Å²) in [7, 11) is -4.08. The highest BCUT2D eigenvalue weighted by molar-refractivity contribution is 7.89. The van der Waals surface area contributed by atoms with Gasteiger partial charge >= 0.3 is 6.18 Å². The quantitative estimate of drug-likeness (QED) is 0.807. The standard InChI is InChI=1S/C14H18F4N2O2S.ClH/c1-9(19)10-4-6-20(7-5-10)23(21,22)11-2-3-13(15)12(8-11)14(16,17)18;/h2-3,8-10H,4-7,19H2,1H3;1H. The molecule has 2 rings (SSSR count). The summed E-state index contributed by atoms with van der Waals surface area (Å²) in [6.07, 6.45) is -3.86. The van der Waals surface area contributed by atoms with Crippen LogP contribution in [0, 0.1) is 11.7 Å². The maximum Gasteiger partial charge on any atom is 0.419 e. The smallest absolute Gasteiger partial charge is 0.328 e. The number of alkyl halides is 3. The number of hydrogen-bond acceptors (Lipinski definition) is 3. The first kappa shape index (κ1) is 21.1. The minimum Gasteiger partial charge on any atom is -0.328 e. The van der Waals surface area contributed by atoms with Crippen molar-refractivity contribution in [1.29, 1.82) is 0 Å². The fourth-order valence-electron chi connectivity index (χ4n) is 2.67. The fraction of sp³-hybridized carbons (Fsp3) is 0.571. The molecular weight excluding hydrogens is 372 g/mol. The molecule has 138 valence electrons. The van der Waals surface area contributed by atoms with Gasteiger partial charge in [-0.05, 0) is 43.9 Å². The van der Waals surface area contributed by atoms with Gasteiger partial charge in [-0.3, -0.25) is 0 Å². The summed E-state index contributed by atoms with van der Waals surface area (Å²) in [6, 6.07) is 1.67. The number of nitrogens with zero attached hydrogens (tertiary/aromatic N) is 1. The number of rotatable bonds is 3. The minimum absolute atomic E-state index is 0. The van der Waals surface area contributed by atoms with Crippen molar-refractivity contribution in [3.63, 3.8) is 0 Å². The Kier molecular flexibility index (Phi) is 6.65. The summed E-state index contributed by atoms with van der Waals surface area (Å²) in [5.41, 5.74) is 4.20. The molecule has 1 atom stereocenters.